The quantitative estimate of drug-likeness (QED) is 0.899. The Hall–Kier alpha value is -1.87. The number of nitrogens with zero attached hydrogens (tertiary/aromatic N) is 1. The summed E-state index contributed by atoms with van der Waals surface area (Å²) in [5.41, 5.74) is 3.02. The first-order valence-electron chi connectivity index (χ1n) is 6.14. The zero-order chi connectivity index (χ0) is 13.4. The molecule has 0 spiro atoms. The summed E-state index contributed by atoms with van der Waals surface area (Å²) in [5, 5.41) is 4.03. The van der Waals surface area contributed by atoms with Crippen molar-refractivity contribution in [2.24, 2.45) is 0 Å². The van der Waals surface area contributed by atoms with E-state index in [4.69, 9.17) is 16.3 Å². The first-order valence-corrected chi connectivity index (χ1v) is 6.52. The molecule has 0 amide bonds. The summed E-state index contributed by atoms with van der Waals surface area (Å²) in [6, 6.07) is 13.9. The molecule has 98 valence electrons. The van der Waals surface area contributed by atoms with Crippen LogP contribution in [0.15, 0.2) is 42.5 Å². The van der Waals surface area contributed by atoms with E-state index in [9.17, 15) is 0 Å². The highest BCUT2D eigenvalue weighted by Gasteiger charge is 2.24. The summed E-state index contributed by atoms with van der Waals surface area (Å²) < 4.78 is 5.86. The number of fused-ring (bicyclic) bond motifs is 1. The van der Waals surface area contributed by atoms with Gasteiger partial charge in [0.1, 0.15) is 5.75 Å². The summed E-state index contributed by atoms with van der Waals surface area (Å²) in [5.74, 6) is 0.861. The molecule has 1 atom stereocenters. The van der Waals surface area contributed by atoms with Crippen molar-refractivity contribution in [2.45, 2.75) is 6.23 Å². The van der Waals surface area contributed by atoms with E-state index in [-0.39, 0.29) is 6.23 Å². The van der Waals surface area contributed by atoms with E-state index < -0.39 is 0 Å². The van der Waals surface area contributed by atoms with Gasteiger partial charge < -0.3 is 15.0 Å². The molecule has 0 fully saturated rings. The van der Waals surface area contributed by atoms with Crippen LogP contribution in [0.5, 0.6) is 5.75 Å². The molecule has 1 aliphatic rings. The molecule has 2 aromatic carbocycles. The normalized spacial score (nSPS) is 16.5. The lowest BCUT2D eigenvalue weighted by Crippen LogP contribution is -2.12. The Kier molecular flexibility index (Phi) is 2.99. The number of ether oxygens (including phenoxy) is 1. The van der Waals surface area contributed by atoms with Gasteiger partial charge in [-0.1, -0.05) is 23.7 Å². The van der Waals surface area contributed by atoms with Gasteiger partial charge in [-0.2, -0.15) is 0 Å². The maximum Gasteiger partial charge on any atom is 0.198 e. The first-order chi connectivity index (χ1) is 9.15. The fraction of sp³-hybridized carbons (Fsp3) is 0.200. The van der Waals surface area contributed by atoms with Crippen molar-refractivity contribution < 1.29 is 4.74 Å². The molecule has 2 aromatic rings. The fourth-order valence-corrected chi connectivity index (χ4v) is 2.41. The van der Waals surface area contributed by atoms with E-state index in [2.05, 4.69) is 5.32 Å². The Balaban J connectivity index is 1.89. The van der Waals surface area contributed by atoms with Crippen molar-refractivity contribution in [2.75, 3.05) is 24.3 Å². The number of halogens is 1. The third-order valence-corrected chi connectivity index (χ3v) is 3.53. The zero-order valence-electron chi connectivity index (χ0n) is 10.9. The number of hydrogen-bond acceptors (Lipinski definition) is 3. The van der Waals surface area contributed by atoms with Crippen molar-refractivity contribution in [1.29, 1.82) is 0 Å². The van der Waals surface area contributed by atoms with Crippen LogP contribution in [0.3, 0.4) is 0 Å². The number of anilines is 2. The molecule has 0 bridgehead atoms. The molecule has 1 N–H and O–H groups in total. The van der Waals surface area contributed by atoms with Gasteiger partial charge in [0.05, 0.1) is 10.7 Å². The Bertz CT molecular complexity index is 588. The smallest absolute Gasteiger partial charge is 0.198 e. The number of hydrogen-bond donors (Lipinski definition) is 1. The lowest BCUT2D eigenvalue weighted by molar-refractivity contribution is 0.260. The number of nitrogens with one attached hydrogen (secondary N) is 1. The van der Waals surface area contributed by atoms with E-state index in [0.29, 0.717) is 5.02 Å². The van der Waals surface area contributed by atoms with Crippen LogP contribution in [-0.4, -0.2) is 14.1 Å². The van der Waals surface area contributed by atoms with Gasteiger partial charge in [0.25, 0.3) is 0 Å². The minimum absolute atomic E-state index is 0.221. The van der Waals surface area contributed by atoms with Crippen LogP contribution >= 0.6 is 11.6 Å². The molecule has 0 saturated carbocycles. The van der Waals surface area contributed by atoms with Crippen LogP contribution in [0.1, 0.15) is 11.8 Å². The molecule has 0 saturated heterocycles. The van der Waals surface area contributed by atoms with Gasteiger partial charge in [0.15, 0.2) is 6.23 Å². The van der Waals surface area contributed by atoms with Gasteiger partial charge in [-0.3, -0.25) is 0 Å². The second kappa shape index (κ2) is 4.67. The average Bonchev–Trinajstić information content (AvgIpc) is 2.81. The second-order valence-corrected chi connectivity index (χ2v) is 5.15. The summed E-state index contributed by atoms with van der Waals surface area (Å²) >= 11 is 6.35. The van der Waals surface area contributed by atoms with Crippen LogP contribution < -0.4 is 15.0 Å². The zero-order valence-corrected chi connectivity index (χ0v) is 11.6. The molecule has 1 aliphatic heterocycles. The van der Waals surface area contributed by atoms with Crippen LogP contribution in [0.4, 0.5) is 11.4 Å². The Morgan fingerprint density at radius 3 is 2.63 bits per heavy atom. The Morgan fingerprint density at radius 2 is 1.95 bits per heavy atom. The van der Waals surface area contributed by atoms with Crippen LogP contribution in [0, 0.1) is 0 Å². The van der Waals surface area contributed by atoms with Crippen molar-refractivity contribution >= 4 is 23.0 Å². The second-order valence-electron chi connectivity index (χ2n) is 4.74. The summed E-state index contributed by atoms with van der Waals surface area (Å²) in [7, 11) is 3.98. The molecule has 0 aromatic heterocycles. The highest BCUT2D eigenvalue weighted by Crippen LogP contribution is 2.39. The number of rotatable bonds is 2. The van der Waals surface area contributed by atoms with Crippen molar-refractivity contribution in [3.05, 3.63) is 53.1 Å². The topological polar surface area (TPSA) is 24.5 Å². The number of para-hydroxylation sites is 2. The van der Waals surface area contributed by atoms with E-state index in [1.807, 2.05) is 61.5 Å². The van der Waals surface area contributed by atoms with Gasteiger partial charge in [-0.25, -0.2) is 0 Å². The molecule has 1 heterocycles. The SMILES string of the molecule is CN(C)c1ccc([C@H]2Nc3ccccc3O2)c(Cl)c1. The van der Waals surface area contributed by atoms with Crippen molar-refractivity contribution in [3.63, 3.8) is 0 Å². The lowest BCUT2D eigenvalue weighted by atomic mass is 10.1. The van der Waals surface area contributed by atoms with Crippen LogP contribution in [-0.2, 0) is 0 Å². The van der Waals surface area contributed by atoms with E-state index in [1.165, 1.54) is 0 Å². The standard InChI is InChI=1S/C15H15ClN2O/c1-18(2)10-7-8-11(12(16)9-10)15-17-13-5-3-4-6-14(13)19-15/h3-9,15,17H,1-2H3/t15-/m0/s1. The third kappa shape index (κ3) is 2.22. The predicted octanol–water partition coefficient (Wildman–Crippen LogP) is 3.91. The van der Waals surface area contributed by atoms with Crippen LogP contribution in [0.25, 0.3) is 0 Å². The van der Waals surface area contributed by atoms with Crippen molar-refractivity contribution in [1.82, 2.24) is 0 Å². The van der Waals surface area contributed by atoms with Gasteiger partial charge >= 0.3 is 0 Å². The largest absolute Gasteiger partial charge is 0.464 e. The highest BCUT2D eigenvalue weighted by molar-refractivity contribution is 6.31. The molecule has 3 rings (SSSR count). The average molecular weight is 275 g/mol. The first kappa shape index (κ1) is 12.2. The summed E-state index contributed by atoms with van der Waals surface area (Å²) in [6.07, 6.45) is -0.221. The fourth-order valence-electron chi connectivity index (χ4n) is 2.13. The van der Waals surface area contributed by atoms with Gasteiger partial charge in [0, 0.05) is 25.3 Å². The van der Waals surface area contributed by atoms with Gasteiger partial charge in [-0.05, 0) is 30.3 Å². The van der Waals surface area contributed by atoms with Crippen LogP contribution in [0.2, 0.25) is 5.02 Å². The minimum Gasteiger partial charge on any atom is -0.464 e. The van der Waals surface area contributed by atoms with E-state index in [0.717, 1.165) is 22.7 Å². The van der Waals surface area contributed by atoms with Gasteiger partial charge in [-0.15, -0.1) is 0 Å². The maximum absolute atomic E-state index is 6.35. The summed E-state index contributed by atoms with van der Waals surface area (Å²) in [4.78, 5) is 2.02. The predicted molar refractivity (Wildman–Crippen MR) is 79.2 cm³/mol. The molecule has 4 heteroatoms. The van der Waals surface area contributed by atoms with E-state index in [1.54, 1.807) is 0 Å². The minimum atomic E-state index is -0.221. The molecule has 0 unspecified atom stereocenters. The molecular formula is C15H15ClN2O. The molecule has 3 nitrogen and oxygen atoms in total. The monoisotopic (exact) mass is 274 g/mol. The summed E-state index contributed by atoms with van der Waals surface area (Å²) in [6.45, 7) is 0. The lowest BCUT2D eigenvalue weighted by Gasteiger charge is -2.17. The Morgan fingerprint density at radius 1 is 1.16 bits per heavy atom. The molecule has 0 radical (unpaired) electrons. The maximum atomic E-state index is 6.35. The Labute approximate surface area is 117 Å². The molecule has 19 heavy (non-hydrogen) atoms. The van der Waals surface area contributed by atoms with Crippen molar-refractivity contribution in [3.8, 4) is 5.75 Å². The van der Waals surface area contributed by atoms with Gasteiger partial charge in [0.2, 0.25) is 0 Å². The number of benzene rings is 2. The third-order valence-electron chi connectivity index (χ3n) is 3.20. The molecular weight excluding hydrogens is 260 g/mol. The highest BCUT2D eigenvalue weighted by atomic mass is 35.5. The molecule has 0 aliphatic carbocycles. The van der Waals surface area contributed by atoms with E-state index >= 15 is 0 Å².